The third-order valence-corrected chi connectivity index (χ3v) is 5.58. The van der Waals surface area contributed by atoms with E-state index in [-0.39, 0.29) is 48.1 Å². The van der Waals surface area contributed by atoms with E-state index in [0.717, 1.165) is 0 Å². The zero-order valence-electron chi connectivity index (χ0n) is 18.5. The Morgan fingerprint density at radius 1 is 1.18 bits per heavy atom. The molecule has 1 aromatic heterocycles. The van der Waals surface area contributed by atoms with Crippen molar-refractivity contribution >= 4 is 16.8 Å². The fourth-order valence-corrected chi connectivity index (χ4v) is 3.93. The van der Waals surface area contributed by atoms with Gasteiger partial charge < -0.3 is 19.0 Å². The van der Waals surface area contributed by atoms with Crippen molar-refractivity contribution < 1.29 is 41.0 Å². The van der Waals surface area contributed by atoms with Crippen LogP contribution in [0.15, 0.2) is 6.07 Å². The summed E-state index contributed by atoms with van der Waals surface area (Å²) in [4.78, 5) is 15.2. The number of fused-ring (bicyclic) bond motifs is 1. The number of ether oxygens (including phenoxy) is 3. The monoisotopic (exact) mass is 478 g/mol. The molecule has 33 heavy (non-hydrogen) atoms. The van der Waals surface area contributed by atoms with Crippen molar-refractivity contribution in [3.05, 3.63) is 17.7 Å². The van der Waals surface area contributed by atoms with Gasteiger partial charge in [-0.15, -0.1) is 0 Å². The number of ketones is 1. The number of alkyl halides is 3. The van der Waals surface area contributed by atoms with Gasteiger partial charge in [0.25, 0.3) is 12.4 Å². The molecular weight excluding hydrogens is 451 g/mol. The second kappa shape index (κ2) is 11.1. The summed E-state index contributed by atoms with van der Waals surface area (Å²) >= 11 is 0. The van der Waals surface area contributed by atoms with Gasteiger partial charge in [0.2, 0.25) is 0 Å². The quantitative estimate of drug-likeness (QED) is 0.436. The van der Waals surface area contributed by atoms with Crippen molar-refractivity contribution in [3.63, 3.8) is 0 Å². The van der Waals surface area contributed by atoms with Crippen LogP contribution in [0, 0.1) is 17.6 Å². The van der Waals surface area contributed by atoms with Gasteiger partial charge in [0.15, 0.2) is 17.4 Å². The molecule has 0 bridgehead atoms. The van der Waals surface area contributed by atoms with Crippen LogP contribution in [0.4, 0.5) is 22.0 Å². The zero-order chi connectivity index (χ0) is 24.1. The molecule has 11 heteroatoms. The number of carbonyl (C=O) groups excluding carboxylic acids is 1. The molecule has 0 saturated heterocycles. The molecule has 1 heterocycles. The van der Waals surface area contributed by atoms with Crippen molar-refractivity contribution in [2.75, 3.05) is 19.9 Å². The predicted octanol–water partition coefficient (Wildman–Crippen LogP) is 4.77. The van der Waals surface area contributed by atoms with Crippen LogP contribution in [-0.2, 0) is 16.6 Å². The van der Waals surface area contributed by atoms with E-state index in [1.165, 1.54) is 18.5 Å². The minimum atomic E-state index is -2.83. The van der Waals surface area contributed by atoms with Crippen LogP contribution < -0.4 is 9.47 Å². The van der Waals surface area contributed by atoms with Gasteiger partial charge in [-0.25, -0.2) is 17.6 Å². The van der Waals surface area contributed by atoms with E-state index in [9.17, 15) is 26.7 Å². The molecule has 1 aliphatic rings. The lowest BCUT2D eigenvalue weighted by atomic mass is 9.94. The number of hydrogen-bond acceptors (Lipinski definition) is 5. The van der Waals surface area contributed by atoms with Crippen molar-refractivity contribution in [2.45, 2.75) is 57.7 Å². The molecule has 1 aromatic carbocycles. The number of aromatic nitrogens is 2. The maximum absolute atomic E-state index is 14.7. The molecule has 1 atom stereocenters. The van der Waals surface area contributed by atoms with E-state index in [2.05, 4.69) is 9.72 Å². The van der Waals surface area contributed by atoms with E-state index in [4.69, 9.17) is 9.47 Å². The molecule has 2 aromatic rings. The van der Waals surface area contributed by atoms with Crippen LogP contribution in [0.5, 0.6) is 11.8 Å². The lowest BCUT2D eigenvalue weighted by molar-refractivity contribution is -0.119. The maximum Gasteiger partial charge on any atom is 0.297 e. The highest BCUT2D eigenvalue weighted by Crippen LogP contribution is 2.33. The van der Waals surface area contributed by atoms with Gasteiger partial charge in [0.05, 0.1) is 19.4 Å². The first kappa shape index (κ1) is 25.2. The van der Waals surface area contributed by atoms with Gasteiger partial charge >= 0.3 is 0 Å². The molecule has 0 radical (unpaired) electrons. The number of benzene rings is 1. The Balaban J connectivity index is 1.61. The van der Waals surface area contributed by atoms with Crippen LogP contribution in [0.3, 0.4) is 0 Å². The van der Waals surface area contributed by atoms with Crippen molar-refractivity contribution in [2.24, 2.45) is 13.0 Å². The van der Waals surface area contributed by atoms with Crippen LogP contribution >= 0.6 is 0 Å². The topological polar surface area (TPSA) is 62.6 Å². The second-order valence-electron chi connectivity index (χ2n) is 8.30. The number of imidazole rings is 1. The highest BCUT2D eigenvalue weighted by atomic mass is 19.3. The highest BCUT2D eigenvalue weighted by molar-refractivity contribution is 5.80. The average Bonchev–Trinajstić information content (AvgIpc) is 3.10. The normalized spacial score (nSPS) is 19.8. The van der Waals surface area contributed by atoms with E-state index in [0.29, 0.717) is 31.7 Å². The predicted molar refractivity (Wildman–Crippen MR) is 110 cm³/mol. The molecule has 0 aliphatic heterocycles. The minimum absolute atomic E-state index is 0.00266. The molecule has 0 spiro atoms. The standard InChI is InChI=1S/C22H27F5N2O4/c1-12(30)7-13(9-23)10-31-14-3-5-15(6-4-14)33-22-28-20-16(24)8-17(32-11-18(25)26)19(27)21(20)29(22)2/h8,13-15,18H,3-7,9-11H2,1-2H3/t13-,14?,15?/m0/s1. The van der Waals surface area contributed by atoms with Crippen LogP contribution in [-0.4, -0.2) is 53.9 Å². The second-order valence-corrected chi connectivity index (χ2v) is 8.30. The van der Waals surface area contributed by atoms with E-state index in [1.807, 2.05) is 0 Å². The van der Waals surface area contributed by atoms with Crippen LogP contribution in [0.2, 0.25) is 0 Å². The SMILES string of the molecule is CC(=O)C[C@@H](CF)COC1CCC(Oc2nc3c(F)cc(OCC(F)F)c(F)c3n2C)CC1. The minimum Gasteiger partial charge on any atom is -0.484 e. The molecule has 1 aliphatic carbocycles. The third kappa shape index (κ3) is 6.33. The molecule has 0 unspecified atom stereocenters. The Labute approximate surface area is 188 Å². The summed E-state index contributed by atoms with van der Waals surface area (Å²) in [5.41, 5.74) is -0.525. The number of halogens is 5. The first-order chi connectivity index (χ1) is 15.7. The summed E-state index contributed by atoms with van der Waals surface area (Å²) in [6, 6.07) is 0.688. The number of hydrogen-bond donors (Lipinski definition) is 0. The lowest BCUT2D eigenvalue weighted by Gasteiger charge is -2.29. The summed E-state index contributed by atoms with van der Waals surface area (Å²) in [7, 11) is 1.44. The highest BCUT2D eigenvalue weighted by Gasteiger charge is 2.27. The summed E-state index contributed by atoms with van der Waals surface area (Å²) < 4.78 is 84.4. The zero-order valence-corrected chi connectivity index (χ0v) is 18.5. The molecule has 6 nitrogen and oxygen atoms in total. The van der Waals surface area contributed by atoms with Gasteiger partial charge in [0.1, 0.15) is 29.5 Å². The molecular formula is C22H27F5N2O4. The van der Waals surface area contributed by atoms with Gasteiger partial charge in [-0.05, 0) is 32.6 Å². The molecule has 3 rings (SSSR count). The Bertz CT molecular complexity index is 960. The molecule has 184 valence electrons. The summed E-state index contributed by atoms with van der Waals surface area (Å²) in [5.74, 6) is -3.06. The Hall–Kier alpha value is -2.43. The Kier molecular flexibility index (Phi) is 8.50. The largest absolute Gasteiger partial charge is 0.484 e. The van der Waals surface area contributed by atoms with Crippen LogP contribution in [0.1, 0.15) is 39.0 Å². The molecule has 0 N–H and O–H groups in total. The van der Waals surface area contributed by atoms with Crippen molar-refractivity contribution in [1.29, 1.82) is 0 Å². The van der Waals surface area contributed by atoms with Gasteiger partial charge in [0, 0.05) is 25.5 Å². The van der Waals surface area contributed by atoms with E-state index >= 15 is 0 Å². The Morgan fingerprint density at radius 3 is 2.45 bits per heavy atom. The lowest BCUT2D eigenvalue weighted by Crippen LogP contribution is -2.30. The summed E-state index contributed by atoms with van der Waals surface area (Å²) in [5, 5.41) is 0. The fraction of sp³-hybridized carbons (Fsp3) is 0.636. The van der Waals surface area contributed by atoms with Gasteiger partial charge in [-0.1, -0.05) is 0 Å². The first-order valence-corrected chi connectivity index (χ1v) is 10.8. The first-order valence-electron chi connectivity index (χ1n) is 10.8. The smallest absolute Gasteiger partial charge is 0.297 e. The van der Waals surface area contributed by atoms with Crippen molar-refractivity contribution in [1.82, 2.24) is 9.55 Å². The van der Waals surface area contributed by atoms with Crippen LogP contribution in [0.25, 0.3) is 11.0 Å². The van der Waals surface area contributed by atoms with E-state index in [1.54, 1.807) is 0 Å². The van der Waals surface area contributed by atoms with Gasteiger partial charge in [-0.3, -0.25) is 8.96 Å². The molecule has 1 saturated carbocycles. The van der Waals surface area contributed by atoms with Crippen molar-refractivity contribution in [3.8, 4) is 11.8 Å². The van der Waals surface area contributed by atoms with E-state index < -0.39 is 43.0 Å². The summed E-state index contributed by atoms with van der Waals surface area (Å²) in [6.07, 6.45) is -0.577. The third-order valence-electron chi connectivity index (χ3n) is 5.58. The Morgan fingerprint density at radius 2 is 1.85 bits per heavy atom. The maximum atomic E-state index is 14.7. The average molecular weight is 478 g/mol. The molecule has 1 fully saturated rings. The van der Waals surface area contributed by atoms with Gasteiger partial charge in [-0.2, -0.15) is 4.98 Å². The molecule has 0 amide bonds. The fourth-order valence-electron chi connectivity index (χ4n) is 3.93. The number of nitrogens with zero attached hydrogens (tertiary/aromatic N) is 2. The summed E-state index contributed by atoms with van der Waals surface area (Å²) in [6.45, 7) is -0.0885. The number of carbonyl (C=O) groups is 1. The number of Topliss-reactive ketones (excluding diaryl/α,β-unsaturated/α-hetero) is 1. The number of aryl methyl sites for hydroxylation is 1. The number of rotatable bonds is 11.